The van der Waals surface area contributed by atoms with Gasteiger partial charge in [-0.05, 0) is 29.7 Å². The van der Waals surface area contributed by atoms with Crippen LogP contribution in [-0.2, 0) is 6.54 Å². The quantitative estimate of drug-likeness (QED) is 0.688. The van der Waals surface area contributed by atoms with Gasteiger partial charge >= 0.3 is 0 Å². The molecule has 2 nitrogen and oxygen atoms in total. The zero-order valence-corrected chi connectivity index (χ0v) is 10.6. The predicted molar refractivity (Wildman–Crippen MR) is 72.4 cm³/mol. The van der Waals surface area contributed by atoms with E-state index in [1.54, 1.807) is 4.90 Å². The summed E-state index contributed by atoms with van der Waals surface area (Å²) in [6, 6.07) is 14.2. The molecule has 3 rings (SSSR count). The lowest BCUT2D eigenvalue weighted by atomic mass is 9.95. The summed E-state index contributed by atoms with van der Waals surface area (Å²) in [7, 11) is 1.86. The Balaban J connectivity index is 2.32. The number of hydrogen-bond acceptors (Lipinski definition) is 1. The largest absolute Gasteiger partial charge is 0.337 e. The topological polar surface area (TPSA) is 20.3 Å². The molecule has 0 spiro atoms. The molecule has 2 heteroatoms. The minimum Gasteiger partial charge on any atom is -0.337 e. The molecule has 0 atom stereocenters. The van der Waals surface area contributed by atoms with Crippen LogP contribution in [-0.4, -0.2) is 17.9 Å². The number of aryl methyl sites for hydroxylation is 1. The average molecular weight is 237 g/mol. The Hall–Kier alpha value is -2.09. The van der Waals surface area contributed by atoms with Crippen LogP contribution in [0.1, 0.15) is 21.5 Å². The summed E-state index contributed by atoms with van der Waals surface area (Å²) in [6.45, 7) is 2.75. The third-order valence-corrected chi connectivity index (χ3v) is 3.46. The summed E-state index contributed by atoms with van der Waals surface area (Å²) >= 11 is 0. The third kappa shape index (κ3) is 1.61. The Morgan fingerprint density at radius 1 is 1.00 bits per heavy atom. The highest BCUT2D eigenvalue weighted by Crippen LogP contribution is 2.32. The molecule has 0 aliphatic carbocycles. The maximum absolute atomic E-state index is 12.3. The zero-order chi connectivity index (χ0) is 12.7. The van der Waals surface area contributed by atoms with Crippen LogP contribution >= 0.6 is 0 Å². The number of rotatable bonds is 0. The van der Waals surface area contributed by atoms with E-state index in [9.17, 15) is 4.79 Å². The number of nitrogens with zero attached hydrogens (tertiary/aromatic N) is 1. The Bertz CT molecular complexity index is 631. The molecular weight excluding hydrogens is 222 g/mol. The van der Waals surface area contributed by atoms with Gasteiger partial charge in [0.1, 0.15) is 0 Å². The van der Waals surface area contributed by atoms with Gasteiger partial charge in [0.2, 0.25) is 0 Å². The molecule has 0 aromatic heterocycles. The molecule has 0 saturated carbocycles. The van der Waals surface area contributed by atoms with Crippen LogP contribution in [0.4, 0.5) is 0 Å². The van der Waals surface area contributed by atoms with Crippen LogP contribution in [0.15, 0.2) is 42.5 Å². The van der Waals surface area contributed by atoms with Gasteiger partial charge in [0.05, 0.1) is 0 Å². The van der Waals surface area contributed by atoms with Crippen LogP contribution in [0.5, 0.6) is 0 Å². The van der Waals surface area contributed by atoms with E-state index in [4.69, 9.17) is 0 Å². The Morgan fingerprint density at radius 2 is 1.72 bits per heavy atom. The van der Waals surface area contributed by atoms with E-state index in [0.717, 1.165) is 11.1 Å². The fourth-order valence-electron chi connectivity index (χ4n) is 2.55. The van der Waals surface area contributed by atoms with Crippen molar-refractivity contribution in [3.63, 3.8) is 0 Å². The molecule has 2 aromatic carbocycles. The summed E-state index contributed by atoms with van der Waals surface area (Å²) in [5.41, 5.74) is 5.46. The smallest absolute Gasteiger partial charge is 0.254 e. The number of carbonyl (C=O) groups is 1. The predicted octanol–water partition coefficient (Wildman–Crippen LogP) is 3.25. The lowest BCUT2D eigenvalue weighted by molar-refractivity contribution is 0.0788. The van der Waals surface area contributed by atoms with Crippen molar-refractivity contribution in [3.8, 4) is 11.1 Å². The van der Waals surface area contributed by atoms with Crippen molar-refractivity contribution in [3.05, 3.63) is 59.2 Å². The van der Waals surface area contributed by atoms with Crippen LogP contribution in [0, 0.1) is 6.92 Å². The summed E-state index contributed by atoms with van der Waals surface area (Å²) in [5, 5.41) is 0. The summed E-state index contributed by atoms with van der Waals surface area (Å²) in [4.78, 5) is 14.1. The van der Waals surface area contributed by atoms with E-state index in [1.165, 1.54) is 16.7 Å². The number of amides is 1. The highest BCUT2D eigenvalue weighted by atomic mass is 16.2. The number of hydrogen-bond donors (Lipinski definition) is 0. The molecule has 1 aliphatic rings. The van der Waals surface area contributed by atoms with Gasteiger partial charge < -0.3 is 4.90 Å². The van der Waals surface area contributed by atoms with E-state index in [2.05, 4.69) is 25.1 Å². The molecule has 0 N–H and O–H groups in total. The molecular formula is C16H15NO. The van der Waals surface area contributed by atoms with Gasteiger partial charge in [-0.2, -0.15) is 0 Å². The van der Waals surface area contributed by atoms with Crippen molar-refractivity contribution in [2.45, 2.75) is 13.5 Å². The summed E-state index contributed by atoms with van der Waals surface area (Å²) in [6.07, 6.45) is 0. The van der Waals surface area contributed by atoms with Crippen molar-refractivity contribution < 1.29 is 4.79 Å². The third-order valence-electron chi connectivity index (χ3n) is 3.46. The lowest BCUT2D eigenvalue weighted by Crippen LogP contribution is -2.24. The molecule has 0 saturated heterocycles. The maximum Gasteiger partial charge on any atom is 0.254 e. The number of carbonyl (C=O) groups excluding carboxylic acids is 1. The van der Waals surface area contributed by atoms with Crippen molar-refractivity contribution in [1.29, 1.82) is 0 Å². The first kappa shape index (κ1) is 11.0. The van der Waals surface area contributed by atoms with Gasteiger partial charge in [-0.3, -0.25) is 4.79 Å². The van der Waals surface area contributed by atoms with Crippen LogP contribution in [0.3, 0.4) is 0 Å². The fraction of sp³-hybridized carbons (Fsp3) is 0.188. The second-order valence-corrected chi connectivity index (χ2v) is 4.87. The van der Waals surface area contributed by atoms with E-state index >= 15 is 0 Å². The maximum atomic E-state index is 12.3. The average Bonchev–Trinajstić information content (AvgIpc) is 2.47. The normalized spacial score (nSPS) is 13.9. The van der Waals surface area contributed by atoms with E-state index in [-0.39, 0.29) is 5.91 Å². The SMILES string of the molecule is Cc1ccc2c(c1)CN(C)C(=O)c1ccccc1-2. The van der Waals surface area contributed by atoms with Crippen LogP contribution in [0.25, 0.3) is 11.1 Å². The fourth-order valence-corrected chi connectivity index (χ4v) is 2.55. The second kappa shape index (κ2) is 3.98. The molecule has 0 bridgehead atoms. The van der Waals surface area contributed by atoms with Crippen molar-refractivity contribution in [2.24, 2.45) is 0 Å². The number of benzene rings is 2. The van der Waals surface area contributed by atoms with Gasteiger partial charge in [0.25, 0.3) is 5.91 Å². The zero-order valence-electron chi connectivity index (χ0n) is 10.6. The summed E-state index contributed by atoms with van der Waals surface area (Å²) in [5.74, 6) is 0.0967. The number of fused-ring (bicyclic) bond motifs is 3. The minimum absolute atomic E-state index is 0.0967. The second-order valence-electron chi connectivity index (χ2n) is 4.87. The van der Waals surface area contributed by atoms with Gasteiger partial charge in [0.15, 0.2) is 0 Å². The highest BCUT2D eigenvalue weighted by Gasteiger charge is 2.22. The molecule has 0 radical (unpaired) electrons. The summed E-state index contributed by atoms with van der Waals surface area (Å²) < 4.78 is 0. The van der Waals surface area contributed by atoms with Crippen molar-refractivity contribution in [2.75, 3.05) is 7.05 Å². The van der Waals surface area contributed by atoms with Gasteiger partial charge in [-0.15, -0.1) is 0 Å². The van der Waals surface area contributed by atoms with Crippen molar-refractivity contribution >= 4 is 5.91 Å². The van der Waals surface area contributed by atoms with Gasteiger partial charge in [-0.25, -0.2) is 0 Å². The van der Waals surface area contributed by atoms with E-state index in [1.807, 2.05) is 31.3 Å². The van der Waals surface area contributed by atoms with Crippen LogP contribution in [0.2, 0.25) is 0 Å². The molecule has 1 heterocycles. The highest BCUT2D eigenvalue weighted by molar-refractivity contribution is 6.02. The molecule has 2 aromatic rings. The molecule has 1 amide bonds. The van der Waals surface area contributed by atoms with Crippen molar-refractivity contribution in [1.82, 2.24) is 4.90 Å². The molecule has 0 fully saturated rings. The Kier molecular flexibility index (Phi) is 2.44. The first-order chi connectivity index (χ1) is 8.66. The molecule has 1 aliphatic heterocycles. The van der Waals surface area contributed by atoms with E-state index < -0.39 is 0 Å². The monoisotopic (exact) mass is 237 g/mol. The minimum atomic E-state index is 0.0967. The standard InChI is InChI=1S/C16H15NO/c1-11-7-8-13-12(9-11)10-17(2)16(18)15-6-4-3-5-14(13)15/h3-9H,10H2,1-2H3. The first-order valence-corrected chi connectivity index (χ1v) is 6.11. The molecule has 0 unspecified atom stereocenters. The lowest BCUT2D eigenvalue weighted by Gasteiger charge is -2.15. The molecule has 18 heavy (non-hydrogen) atoms. The molecule has 90 valence electrons. The Labute approximate surface area is 107 Å². The first-order valence-electron chi connectivity index (χ1n) is 6.11. The van der Waals surface area contributed by atoms with Crippen LogP contribution < -0.4 is 0 Å². The van der Waals surface area contributed by atoms with E-state index in [0.29, 0.717) is 6.54 Å². The van der Waals surface area contributed by atoms with Gasteiger partial charge in [0, 0.05) is 19.2 Å². The Morgan fingerprint density at radius 3 is 2.50 bits per heavy atom. The van der Waals surface area contributed by atoms with Gasteiger partial charge in [-0.1, -0.05) is 42.0 Å².